The van der Waals surface area contributed by atoms with E-state index in [2.05, 4.69) is 11.3 Å². The number of hydrogen-bond acceptors (Lipinski definition) is 5. The van der Waals surface area contributed by atoms with Crippen LogP contribution in [0.15, 0.2) is 12.2 Å². The topological polar surface area (TPSA) is 110 Å². The number of nitrogens with two attached hydrogens (primary N) is 1. The Labute approximate surface area is 107 Å². The average Bonchev–Trinajstić information content (AvgIpc) is 2.16. The first kappa shape index (κ1) is 19.0. The monoisotopic (exact) mass is 261 g/mol. The molecule has 2 atom stereocenters. The molecular formula is C12H23NO5. The molecule has 0 bridgehead atoms. The maximum atomic E-state index is 10.5. The van der Waals surface area contributed by atoms with Crippen LogP contribution in [-0.2, 0) is 14.3 Å². The number of ether oxygens (including phenoxy) is 1. The van der Waals surface area contributed by atoms with E-state index in [9.17, 15) is 9.59 Å². The number of aliphatic hydroxyl groups excluding tert-OH is 1. The molecule has 0 aliphatic carbocycles. The van der Waals surface area contributed by atoms with Crippen LogP contribution in [0.1, 0.15) is 34.1 Å². The zero-order chi connectivity index (χ0) is 14.9. The number of carboxylic acids is 1. The van der Waals surface area contributed by atoms with Gasteiger partial charge in [-0.05, 0) is 26.2 Å². The zero-order valence-electron chi connectivity index (χ0n) is 11.3. The summed E-state index contributed by atoms with van der Waals surface area (Å²) in [6.45, 7) is 10.1. The lowest BCUT2D eigenvalue weighted by molar-refractivity contribution is -0.159. The van der Waals surface area contributed by atoms with E-state index < -0.39 is 24.3 Å². The van der Waals surface area contributed by atoms with Crippen molar-refractivity contribution in [1.82, 2.24) is 0 Å². The molecular weight excluding hydrogens is 238 g/mol. The summed E-state index contributed by atoms with van der Waals surface area (Å²) in [5, 5.41) is 16.8. The first-order chi connectivity index (χ1) is 8.07. The van der Waals surface area contributed by atoms with Gasteiger partial charge in [-0.2, -0.15) is 0 Å². The molecule has 18 heavy (non-hydrogen) atoms. The Bertz CT molecular complexity index is 286. The molecule has 0 saturated carbocycles. The van der Waals surface area contributed by atoms with Gasteiger partial charge in [0.2, 0.25) is 0 Å². The van der Waals surface area contributed by atoms with Crippen LogP contribution in [0.5, 0.6) is 0 Å². The Morgan fingerprint density at radius 2 is 1.78 bits per heavy atom. The third-order valence-corrected chi connectivity index (χ3v) is 1.67. The second-order valence-electron chi connectivity index (χ2n) is 4.36. The van der Waals surface area contributed by atoms with Crippen molar-refractivity contribution in [3.63, 3.8) is 0 Å². The van der Waals surface area contributed by atoms with Gasteiger partial charge in [0.1, 0.15) is 6.04 Å². The molecule has 0 aliphatic heterocycles. The highest BCUT2D eigenvalue weighted by Gasteiger charge is 2.11. The first-order valence-electron chi connectivity index (χ1n) is 5.60. The second-order valence-corrected chi connectivity index (χ2v) is 4.36. The van der Waals surface area contributed by atoms with Gasteiger partial charge >= 0.3 is 11.9 Å². The molecule has 0 aliphatic rings. The number of esters is 1. The zero-order valence-corrected chi connectivity index (χ0v) is 11.3. The van der Waals surface area contributed by atoms with Gasteiger partial charge in [-0.15, -0.1) is 0 Å². The Balaban J connectivity index is 0. The minimum Gasteiger partial charge on any atom is -0.480 e. The smallest absolute Gasteiger partial charge is 0.335 e. The molecule has 0 spiro atoms. The van der Waals surface area contributed by atoms with Crippen LogP contribution in [0.3, 0.4) is 0 Å². The molecule has 0 fully saturated rings. The Morgan fingerprint density at radius 3 is 1.89 bits per heavy atom. The molecule has 0 aromatic rings. The van der Waals surface area contributed by atoms with Gasteiger partial charge in [0, 0.05) is 5.57 Å². The summed E-state index contributed by atoms with van der Waals surface area (Å²) in [7, 11) is 0. The fourth-order valence-corrected chi connectivity index (χ4v) is 0.864. The lowest BCUT2D eigenvalue weighted by atomic mass is 10.1. The van der Waals surface area contributed by atoms with Crippen molar-refractivity contribution in [3.05, 3.63) is 12.2 Å². The normalized spacial score (nSPS) is 13.1. The quantitative estimate of drug-likeness (QED) is 0.385. The van der Waals surface area contributed by atoms with Crippen LogP contribution in [-0.4, -0.2) is 34.5 Å². The summed E-state index contributed by atoms with van der Waals surface area (Å²) in [6, 6.07) is -0.690. The Kier molecular flexibility index (Phi) is 10.1. The van der Waals surface area contributed by atoms with Crippen LogP contribution in [0.4, 0.5) is 0 Å². The number of rotatable bonds is 5. The summed E-state index contributed by atoms with van der Waals surface area (Å²) < 4.78 is 4.33. The van der Waals surface area contributed by atoms with E-state index in [1.165, 1.54) is 13.8 Å². The third-order valence-electron chi connectivity index (χ3n) is 1.67. The number of aliphatic carboxylic acids is 1. The van der Waals surface area contributed by atoms with Crippen LogP contribution in [0.25, 0.3) is 0 Å². The predicted molar refractivity (Wildman–Crippen MR) is 67.7 cm³/mol. The fraction of sp³-hybridized carbons (Fsp3) is 0.667. The molecule has 6 nitrogen and oxygen atoms in total. The molecule has 0 rings (SSSR count). The van der Waals surface area contributed by atoms with Crippen LogP contribution in [0.2, 0.25) is 0 Å². The molecule has 106 valence electrons. The van der Waals surface area contributed by atoms with E-state index in [-0.39, 0.29) is 5.57 Å². The molecule has 1 unspecified atom stereocenters. The number of carbonyl (C=O) groups is 2. The summed E-state index contributed by atoms with van der Waals surface area (Å²) in [4.78, 5) is 20.6. The highest BCUT2D eigenvalue weighted by Crippen LogP contribution is 2.01. The van der Waals surface area contributed by atoms with E-state index >= 15 is 0 Å². The minimum atomic E-state index is -1.05. The van der Waals surface area contributed by atoms with Gasteiger partial charge in [0.25, 0.3) is 0 Å². The van der Waals surface area contributed by atoms with Crippen molar-refractivity contribution in [2.24, 2.45) is 11.7 Å². The van der Waals surface area contributed by atoms with Gasteiger partial charge in [-0.1, -0.05) is 20.4 Å². The van der Waals surface area contributed by atoms with Crippen LogP contribution in [0, 0.1) is 5.92 Å². The standard InChI is InChI=1S/C6H13NO2.C6H10O3/c1-4(2)3-5(7)6(8)9;1-4(2)6(8)9-5(3)7/h4-5H,3,7H2,1-2H3,(H,8,9);5,7H,1H2,2-3H3/t5-;/m0./s1. The van der Waals surface area contributed by atoms with Crippen molar-refractivity contribution in [2.45, 2.75) is 46.4 Å². The molecule has 4 N–H and O–H groups in total. The van der Waals surface area contributed by atoms with Crippen molar-refractivity contribution in [3.8, 4) is 0 Å². The van der Waals surface area contributed by atoms with Gasteiger partial charge < -0.3 is 20.7 Å². The van der Waals surface area contributed by atoms with Crippen molar-refractivity contribution in [2.75, 3.05) is 0 Å². The van der Waals surface area contributed by atoms with E-state index in [0.29, 0.717) is 12.3 Å². The molecule has 0 heterocycles. The number of aliphatic hydroxyl groups is 1. The second kappa shape index (κ2) is 9.61. The number of carboxylic acid groups (broad SMARTS) is 1. The van der Waals surface area contributed by atoms with Gasteiger partial charge in [-0.3, -0.25) is 4.79 Å². The van der Waals surface area contributed by atoms with Crippen molar-refractivity contribution in [1.29, 1.82) is 0 Å². The summed E-state index contributed by atoms with van der Waals surface area (Å²) in [6.07, 6.45) is -0.496. The summed E-state index contributed by atoms with van der Waals surface area (Å²) in [5.74, 6) is -1.12. The molecule has 6 heteroatoms. The van der Waals surface area contributed by atoms with E-state index in [0.717, 1.165) is 0 Å². The Hall–Kier alpha value is -1.40. The largest absolute Gasteiger partial charge is 0.480 e. The highest BCUT2D eigenvalue weighted by atomic mass is 16.6. The molecule has 0 amide bonds. The maximum Gasteiger partial charge on any atom is 0.335 e. The SMILES string of the molecule is C=C(C)C(=O)OC(C)O.CC(C)C[C@H](N)C(=O)O. The van der Waals surface area contributed by atoms with Crippen LogP contribution >= 0.6 is 0 Å². The third kappa shape index (κ3) is 12.7. The Morgan fingerprint density at radius 1 is 1.33 bits per heavy atom. The number of carbonyl (C=O) groups excluding carboxylic acids is 1. The van der Waals surface area contributed by atoms with Crippen molar-refractivity contribution < 1.29 is 24.5 Å². The van der Waals surface area contributed by atoms with Crippen molar-refractivity contribution >= 4 is 11.9 Å². The summed E-state index contributed by atoms with van der Waals surface area (Å²) >= 11 is 0. The van der Waals surface area contributed by atoms with Crippen LogP contribution < -0.4 is 5.73 Å². The van der Waals surface area contributed by atoms with E-state index in [4.69, 9.17) is 15.9 Å². The minimum absolute atomic E-state index is 0.288. The van der Waals surface area contributed by atoms with Gasteiger partial charge in [-0.25, -0.2) is 4.79 Å². The van der Waals surface area contributed by atoms with E-state index in [1.54, 1.807) is 0 Å². The van der Waals surface area contributed by atoms with E-state index in [1.807, 2.05) is 13.8 Å². The fourth-order valence-electron chi connectivity index (χ4n) is 0.864. The lowest BCUT2D eigenvalue weighted by Crippen LogP contribution is -2.31. The average molecular weight is 261 g/mol. The lowest BCUT2D eigenvalue weighted by Gasteiger charge is -2.07. The summed E-state index contributed by atoms with van der Waals surface area (Å²) in [5.41, 5.74) is 5.51. The van der Waals surface area contributed by atoms with Gasteiger partial charge in [0.05, 0.1) is 0 Å². The predicted octanol–water partition coefficient (Wildman–Crippen LogP) is 0.888. The molecule has 0 saturated heterocycles. The maximum absolute atomic E-state index is 10.5. The van der Waals surface area contributed by atoms with Gasteiger partial charge in [0.15, 0.2) is 6.29 Å². The molecule has 0 aromatic heterocycles. The number of hydrogen-bond donors (Lipinski definition) is 3. The molecule has 0 radical (unpaired) electrons. The first-order valence-corrected chi connectivity index (χ1v) is 5.60. The highest BCUT2D eigenvalue weighted by molar-refractivity contribution is 5.86. The molecule has 0 aromatic carbocycles.